The van der Waals surface area contributed by atoms with Crippen molar-refractivity contribution in [2.24, 2.45) is 0 Å². The maximum atomic E-state index is 12.0. The Kier molecular flexibility index (Phi) is 3.50. The van der Waals surface area contributed by atoms with Crippen molar-refractivity contribution in [1.29, 1.82) is 0 Å². The number of hydrogen-bond acceptors (Lipinski definition) is 4. The number of nitrogens with one attached hydrogen (secondary N) is 1. The molecule has 0 radical (unpaired) electrons. The number of thiophene rings is 1. The Hall–Kier alpha value is -1.43. The Morgan fingerprint density at radius 3 is 2.47 bits per heavy atom. The lowest BCUT2D eigenvalue weighted by molar-refractivity contribution is -0.115. The van der Waals surface area contributed by atoms with Crippen LogP contribution < -0.4 is 5.32 Å². The molecule has 2 heterocycles. The molecule has 5 heteroatoms. The van der Waals surface area contributed by atoms with Gasteiger partial charge in [-0.25, -0.2) is 0 Å². The van der Waals surface area contributed by atoms with Gasteiger partial charge < -0.3 is 5.32 Å². The number of benzene rings is 1. The van der Waals surface area contributed by atoms with Crippen molar-refractivity contribution >= 4 is 51.1 Å². The number of carbonyl (C=O) groups is 1. The van der Waals surface area contributed by atoms with Crippen LogP contribution in [0.4, 0.5) is 0 Å². The van der Waals surface area contributed by atoms with Gasteiger partial charge >= 0.3 is 0 Å². The Morgan fingerprint density at radius 2 is 1.89 bits per heavy atom. The summed E-state index contributed by atoms with van der Waals surface area (Å²) in [6, 6.07) is 13.9. The molecule has 1 aromatic carbocycles. The van der Waals surface area contributed by atoms with Crippen molar-refractivity contribution in [1.82, 2.24) is 5.32 Å². The Morgan fingerprint density at radius 1 is 1.11 bits per heavy atom. The summed E-state index contributed by atoms with van der Waals surface area (Å²) in [4.78, 5) is 13.8. The van der Waals surface area contributed by atoms with E-state index in [1.807, 2.05) is 47.8 Å². The van der Waals surface area contributed by atoms with Crippen LogP contribution in [-0.2, 0) is 4.79 Å². The van der Waals surface area contributed by atoms with Gasteiger partial charge in [-0.3, -0.25) is 4.79 Å². The molecular formula is C14H9NOS3. The molecule has 0 atom stereocenters. The van der Waals surface area contributed by atoms with Crippen LogP contribution in [0.3, 0.4) is 0 Å². The van der Waals surface area contributed by atoms with Gasteiger partial charge in [-0.1, -0.05) is 60.4 Å². The number of amides is 1. The summed E-state index contributed by atoms with van der Waals surface area (Å²) in [6.07, 6.45) is 0. The highest BCUT2D eigenvalue weighted by Gasteiger charge is 2.27. The van der Waals surface area contributed by atoms with Crippen molar-refractivity contribution in [3.05, 3.63) is 63.2 Å². The van der Waals surface area contributed by atoms with Crippen LogP contribution in [-0.4, -0.2) is 10.2 Å². The molecule has 3 rings (SSSR count). The first-order valence-corrected chi connectivity index (χ1v) is 7.73. The van der Waals surface area contributed by atoms with Gasteiger partial charge in [0, 0.05) is 10.5 Å². The first-order valence-electron chi connectivity index (χ1n) is 5.62. The highest BCUT2D eigenvalue weighted by atomic mass is 32.2. The Balaban J connectivity index is 2.21. The minimum absolute atomic E-state index is 0.109. The van der Waals surface area contributed by atoms with Crippen LogP contribution in [0, 0.1) is 0 Å². The van der Waals surface area contributed by atoms with E-state index < -0.39 is 0 Å². The lowest BCUT2D eigenvalue weighted by atomic mass is 10.0. The predicted molar refractivity (Wildman–Crippen MR) is 85.1 cm³/mol. The van der Waals surface area contributed by atoms with E-state index in [9.17, 15) is 4.79 Å². The van der Waals surface area contributed by atoms with Gasteiger partial charge in [-0.2, -0.15) is 0 Å². The zero-order valence-corrected chi connectivity index (χ0v) is 12.2. The van der Waals surface area contributed by atoms with E-state index in [2.05, 4.69) is 5.32 Å². The summed E-state index contributed by atoms with van der Waals surface area (Å²) in [5, 5.41) is 4.69. The molecular weight excluding hydrogens is 294 g/mol. The number of thioether (sulfide) groups is 1. The highest BCUT2D eigenvalue weighted by Crippen LogP contribution is 2.37. The molecule has 0 aliphatic carbocycles. The first kappa shape index (κ1) is 12.6. The standard InChI is InChI=1S/C14H9NOS3/c16-13-12(19-14(17)15-13)11(10-7-4-8-18-10)9-5-2-1-3-6-9/h1-8H,(H,15,16,17). The molecule has 1 saturated heterocycles. The Bertz CT molecular complexity index is 659. The summed E-state index contributed by atoms with van der Waals surface area (Å²) in [5.41, 5.74) is 1.99. The zero-order valence-electron chi connectivity index (χ0n) is 9.75. The normalized spacial score (nSPS) is 17.5. The molecule has 1 amide bonds. The van der Waals surface area contributed by atoms with Crippen LogP contribution in [0.15, 0.2) is 52.7 Å². The van der Waals surface area contributed by atoms with E-state index in [0.717, 1.165) is 16.0 Å². The SMILES string of the molecule is O=C1NC(=S)SC1=C(c1ccccc1)c1cccs1. The lowest BCUT2D eigenvalue weighted by Gasteiger charge is -2.07. The second-order valence-electron chi connectivity index (χ2n) is 3.89. The van der Waals surface area contributed by atoms with Crippen molar-refractivity contribution in [2.45, 2.75) is 0 Å². The summed E-state index contributed by atoms with van der Waals surface area (Å²) >= 11 is 8.03. The van der Waals surface area contributed by atoms with Gasteiger partial charge in [0.2, 0.25) is 0 Å². The van der Waals surface area contributed by atoms with Crippen molar-refractivity contribution in [3.63, 3.8) is 0 Å². The fourth-order valence-electron chi connectivity index (χ4n) is 1.89. The molecule has 19 heavy (non-hydrogen) atoms. The third kappa shape index (κ3) is 2.49. The molecule has 1 N–H and O–H groups in total. The summed E-state index contributed by atoms with van der Waals surface area (Å²) in [6.45, 7) is 0. The molecule has 0 saturated carbocycles. The summed E-state index contributed by atoms with van der Waals surface area (Å²) in [5.74, 6) is -0.109. The van der Waals surface area contributed by atoms with Crippen LogP contribution in [0.2, 0.25) is 0 Å². The average molecular weight is 303 g/mol. The van der Waals surface area contributed by atoms with Gasteiger partial charge in [0.1, 0.15) is 4.32 Å². The third-order valence-electron chi connectivity index (χ3n) is 2.67. The molecule has 2 aromatic rings. The molecule has 2 nitrogen and oxygen atoms in total. The molecule has 0 unspecified atom stereocenters. The van der Waals surface area contributed by atoms with Crippen LogP contribution in [0.25, 0.3) is 5.57 Å². The topological polar surface area (TPSA) is 29.1 Å². The summed E-state index contributed by atoms with van der Waals surface area (Å²) < 4.78 is 0.519. The van der Waals surface area contributed by atoms with E-state index in [0.29, 0.717) is 9.23 Å². The zero-order chi connectivity index (χ0) is 13.2. The second kappa shape index (κ2) is 5.28. The number of thiocarbonyl (C=S) groups is 1. The molecule has 1 fully saturated rings. The number of rotatable bonds is 2. The monoisotopic (exact) mass is 303 g/mol. The van der Waals surface area contributed by atoms with E-state index >= 15 is 0 Å². The fraction of sp³-hybridized carbons (Fsp3) is 0. The maximum absolute atomic E-state index is 12.0. The largest absolute Gasteiger partial charge is 0.307 e. The molecule has 1 aromatic heterocycles. The molecule has 0 bridgehead atoms. The van der Waals surface area contributed by atoms with Crippen molar-refractivity contribution in [2.75, 3.05) is 0 Å². The van der Waals surface area contributed by atoms with Gasteiger partial charge in [0.05, 0.1) is 4.91 Å². The summed E-state index contributed by atoms with van der Waals surface area (Å²) in [7, 11) is 0. The van der Waals surface area contributed by atoms with Crippen LogP contribution in [0.5, 0.6) is 0 Å². The van der Waals surface area contributed by atoms with E-state index in [-0.39, 0.29) is 5.91 Å². The highest BCUT2D eigenvalue weighted by molar-refractivity contribution is 8.26. The minimum atomic E-state index is -0.109. The van der Waals surface area contributed by atoms with Crippen molar-refractivity contribution < 1.29 is 4.79 Å². The molecule has 1 aliphatic rings. The van der Waals surface area contributed by atoms with Crippen LogP contribution >= 0.6 is 35.3 Å². The molecule has 94 valence electrons. The molecule has 0 spiro atoms. The Labute approximate surface area is 124 Å². The quantitative estimate of drug-likeness (QED) is 0.678. The fourth-order valence-corrected chi connectivity index (χ4v) is 3.90. The first-order chi connectivity index (χ1) is 9.25. The third-order valence-corrected chi connectivity index (χ3v) is 4.79. The minimum Gasteiger partial charge on any atom is -0.307 e. The number of carbonyl (C=O) groups excluding carboxylic acids is 1. The maximum Gasteiger partial charge on any atom is 0.264 e. The van der Waals surface area contributed by atoms with Gasteiger partial charge in [-0.05, 0) is 17.0 Å². The second-order valence-corrected chi connectivity index (χ2v) is 6.53. The number of hydrogen-bond donors (Lipinski definition) is 1. The van der Waals surface area contributed by atoms with E-state index in [1.165, 1.54) is 11.8 Å². The van der Waals surface area contributed by atoms with E-state index in [1.54, 1.807) is 11.3 Å². The van der Waals surface area contributed by atoms with Gasteiger partial charge in [0.25, 0.3) is 5.91 Å². The smallest absolute Gasteiger partial charge is 0.264 e. The van der Waals surface area contributed by atoms with Gasteiger partial charge in [0.15, 0.2) is 0 Å². The van der Waals surface area contributed by atoms with Gasteiger partial charge in [-0.15, -0.1) is 11.3 Å². The van der Waals surface area contributed by atoms with Crippen LogP contribution in [0.1, 0.15) is 10.4 Å². The average Bonchev–Trinajstić information content (AvgIpc) is 3.03. The predicted octanol–water partition coefficient (Wildman–Crippen LogP) is 3.66. The van der Waals surface area contributed by atoms with Crippen molar-refractivity contribution in [3.8, 4) is 0 Å². The van der Waals surface area contributed by atoms with E-state index in [4.69, 9.17) is 12.2 Å². The molecule has 1 aliphatic heterocycles. The lowest BCUT2D eigenvalue weighted by Crippen LogP contribution is -2.18.